The first kappa shape index (κ1) is 58.0. The molecule has 0 bridgehead atoms. The molecular weight excluding hydrogens is 1060 g/mol. The fraction of sp³-hybridized carbons (Fsp3) is 0.182. The summed E-state index contributed by atoms with van der Waals surface area (Å²) < 4.78 is 9.40. The molecule has 0 fully saturated rings. The first-order chi connectivity index (χ1) is 40.1. The van der Waals surface area contributed by atoms with Crippen molar-refractivity contribution in [2.24, 2.45) is 0 Å². The number of nitro groups is 2. The number of nitrogens with zero attached hydrogens (tertiary/aromatic N) is 6. The van der Waals surface area contributed by atoms with Crippen LogP contribution in [-0.2, 0) is 17.8 Å². The van der Waals surface area contributed by atoms with E-state index in [0.29, 0.717) is 35.3 Å². The van der Waals surface area contributed by atoms with Crippen LogP contribution in [0, 0.1) is 34.1 Å². The number of fused-ring (bicyclic) bond motifs is 2. The molecule has 0 aliphatic rings. The monoisotopic (exact) mass is 1120 g/mol. The number of carboxylic acid groups (broad SMARTS) is 1. The second kappa shape index (κ2) is 24.6. The quantitative estimate of drug-likeness (QED) is 0.0465. The number of aryl methyl sites for hydroxylation is 2. The van der Waals surface area contributed by atoms with Gasteiger partial charge in [-0.3, -0.25) is 39.2 Å². The predicted molar refractivity (Wildman–Crippen MR) is 321 cm³/mol. The molecule has 3 N–H and O–H groups in total. The van der Waals surface area contributed by atoms with Gasteiger partial charge in [0.15, 0.2) is 0 Å². The molecule has 84 heavy (non-hydrogen) atoms. The number of nitrogens with one attached hydrogen (secondary N) is 2. The number of amides is 2. The summed E-state index contributed by atoms with van der Waals surface area (Å²) in [5, 5.41) is 48.4. The van der Waals surface area contributed by atoms with Gasteiger partial charge in [-0.05, 0) is 142 Å². The van der Waals surface area contributed by atoms with E-state index in [1.807, 2.05) is 155 Å². The van der Waals surface area contributed by atoms with Gasteiger partial charge in [-0.2, -0.15) is 10.2 Å². The van der Waals surface area contributed by atoms with Gasteiger partial charge in [-0.25, -0.2) is 9.59 Å². The summed E-state index contributed by atoms with van der Waals surface area (Å²) in [5.41, 5.74) is 11.3. The summed E-state index contributed by atoms with van der Waals surface area (Å²) in [6.45, 7) is 14.1. The minimum absolute atomic E-state index is 0.000299. The van der Waals surface area contributed by atoms with E-state index in [9.17, 15) is 44.5 Å². The van der Waals surface area contributed by atoms with Gasteiger partial charge in [0, 0.05) is 46.2 Å². The summed E-state index contributed by atoms with van der Waals surface area (Å²) in [7, 11) is 0. The molecule has 0 saturated heterocycles. The van der Waals surface area contributed by atoms with E-state index in [-0.39, 0.29) is 46.8 Å². The van der Waals surface area contributed by atoms with E-state index < -0.39 is 21.4 Å². The predicted octanol–water partition coefficient (Wildman–Crippen LogP) is 13.6. The smallest absolute Gasteiger partial charge is 0.339 e. The van der Waals surface area contributed by atoms with Crippen LogP contribution in [0.15, 0.2) is 182 Å². The number of benzene rings is 8. The maximum Gasteiger partial charge on any atom is 0.339 e. The van der Waals surface area contributed by atoms with Crippen molar-refractivity contribution in [3.05, 3.63) is 258 Å². The molecule has 424 valence electrons. The molecule has 0 spiro atoms. The van der Waals surface area contributed by atoms with Gasteiger partial charge >= 0.3 is 11.9 Å². The largest absolute Gasteiger partial charge is 0.478 e. The van der Waals surface area contributed by atoms with Crippen molar-refractivity contribution in [1.82, 2.24) is 30.2 Å². The van der Waals surface area contributed by atoms with Crippen molar-refractivity contribution in [1.29, 1.82) is 0 Å². The number of aromatic nitrogens is 4. The van der Waals surface area contributed by atoms with Gasteiger partial charge in [0.05, 0.1) is 68.6 Å². The van der Waals surface area contributed by atoms with Gasteiger partial charge in [-0.15, -0.1) is 0 Å². The maximum atomic E-state index is 13.1. The lowest BCUT2D eigenvalue weighted by atomic mass is 9.98. The van der Waals surface area contributed by atoms with E-state index in [1.165, 1.54) is 24.3 Å². The summed E-state index contributed by atoms with van der Waals surface area (Å²) >= 11 is 0. The fourth-order valence-corrected chi connectivity index (χ4v) is 9.79. The first-order valence-corrected chi connectivity index (χ1v) is 27.0. The van der Waals surface area contributed by atoms with Crippen LogP contribution in [0.25, 0.3) is 44.1 Å². The molecular formula is C66H60N8O10. The zero-order chi connectivity index (χ0) is 60.0. The van der Waals surface area contributed by atoms with Crippen LogP contribution in [0.3, 0.4) is 0 Å². The van der Waals surface area contributed by atoms with Crippen molar-refractivity contribution in [3.8, 4) is 22.3 Å². The van der Waals surface area contributed by atoms with Crippen molar-refractivity contribution < 1.29 is 38.9 Å². The Labute approximate surface area is 483 Å². The Bertz CT molecular complexity index is 4130. The number of carbonyl (C=O) groups excluding carboxylic acids is 3. The SMILES string of the molecule is Cc1nn(Cc2ccc(-c3ccccc3C(=O)O)cc2)c2ccc(C(=O)N[C@@H](C)c3ccc([N+](=O)[O-])cc3)cc12.Cc1nn(Cc2ccc(-c3ccccc3C(=O)OC(C)(C)C)cc2)c2ccc(C(=O)N[C@@H](C)c3ccc([N+](=O)[O-])cc3)cc12. The molecule has 0 unspecified atom stereocenters. The normalized spacial score (nSPS) is 11.9. The van der Waals surface area contributed by atoms with Crippen LogP contribution in [0.1, 0.15) is 122 Å². The second-order valence-corrected chi connectivity index (χ2v) is 21.3. The number of nitro benzene ring substituents is 2. The zero-order valence-corrected chi connectivity index (χ0v) is 47.2. The topological polar surface area (TPSA) is 244 Å². The van der Waals surface area contributed by atoms with Crippen LogP contribution < -0.4 is 10.6 Å². The lowest BCUT2D eigenvalue weighted by molar-refractivity contribution is -0.385. The number of carbonyl (C=O) groups is 4. The van der Waals surface area contributed by atoms with Crippen molar-refractivity contribution in [2.45, 2.75) is 79.2 Å². The first-order valence-electron chi connectivity index (χ1n) is 27.0. The van der Waals surface area contributed by atoms with Crippen LogP contribution in [0.5, 0.6) is 0 Å². The summed E-state index contributed by atoms with van der Waals surface area (Å²) in [4.78, 5) is 71.4. The van der Waals surface area contributed by atoms with E-state index in [0.717, 1.165) is 72.1 Å². The zero-order valence-electron chi connectivity index (χ0n) is 47.2. The summed E-state index contributed by atoms with van der Waals surface area (Å²) in [5.74, 6) is -1.82. The molecule has 0 radical (unpaired) electrons. The molecule has 0 saturated carbocycles. The van der Waals surface area contributed by atoms with Crippen molar-refractivity contribution >= 4 is 56.9 Å². The Hall–Kier alpha value is -10.6. The van der Waals surface area contributed by atoms with Gasteiger partial charge in [0.25, 0.3) is 23.2 Å². The van der Waals surface area contributed by atoms with Crippen LogP contribution >= 0.6 is 0 Å². The molecule has 18 heteroatoms. The Morgan fingerprint density at radius 3 is 1.31 bits per heavy atom. The molecule has 18 nitrogen and oxygen atoms in total. The minimum Gasteiger partial charge on any atom is -0.478 e. The Morgan fingerprint density at radius 2 is 0.929 bits per heavy atom. The van der Waals surface area contributed by atoms with Gasteiger partial charge in [-0.1, -0.05) is 109 Å². The number of esters is 1. The second-order valence-electron chi connectivity index (χ2n) is 21.3. The molecule has 0 aliphatic carbocycles. The average Bonchev–Trinajstić information content (AvgIpc) is 3.44. The Kier molecular flexibility index (Phi) is 17.0. The Morgan fingerprint density at radius 1 is 0.548 bits per heavy atom. The number of non-ortho nitro benzene ring substituents is 2. The van der Waals surface area contributed by atoms with E-state index in [4.69, 9.17) is 9.84 Å². The van der Waals surface area contributed by atoms with E-state index >= 15 is 0 Å². The highest BCUT2D eigenvalue weighted by Gasteiger charge is 2.22. The standard InChI is InChI=1S/C35H34N4O5.C31H26N4O5/c1-22(25-14-17-28(18-15-25)39(42)43)36-33(40)27-16-19-32-31(20-27)23(2)37-38(32)21-24-10-12-26(13-11-24)29-8-6-7-9-30(29)34(41)44-35(3,4)5;1-19(22-11-14-25(15-12-22)35(39)40)32-30(36)24-13-16-29-28(17-24)20(2)33-34(29)18-21-7-9-23(10-8-21)26-5-3-4-6-27(26)31(37)38/h6-20,22H,21H2,1-5H3,(H,36,40);3-17,19H,18H2,1-2H3,(H,32,36)(H,37,38)/t22-;19-/m00/s1. The highest BCUT2D eigenvalue weighted by Crippen LogP contribution is 2.30. The number of hydrogen-bond acceptors (Lipinski definition) is 11. The summed E-state index contributed by atoms with van der Waals surface area (Å²) in [6.07, 6.45) is 0. The third-order valence-electron chi connectivity index (χ3n) is 14.2. The molecule has 10 rings (SSSR count). The molecule has 2 amide bonds. The summed E-state index contributed by atoms with van der Waals surface area (Å²) in [6, 6.07) is 52.6. The Balaban J connectivity index is 0.000000202. The molecule has 0 aliphatic heterocycles. The number of aromatic carboxylic acids is 1. The number of rotatable bonds is 16. The maximum absolute atomic E-state index is 13.1. The van der Waals surface area contributed by atoms with Gasteiger partial charge in [0.2, 0.25) is 0 Å². The highest BCUT2D eigenvalue weighted by atomic mass is 16.6. The lowest BCUT2D eigenvalue weighted by Gasteiger charge is -2.20. The molecule has 8 aromatic carbocycles. The van der Waals surface area contributed by atoms with Gasteiger partial charge in [0.1, 0.15) is 5.60 Å². The molecule has 2 atom stereocenters. The third-order valence-corrected chi connectivity index (χ3v) is 14.2. The molecule has 2 aromatic heterocycles. The van der Waals surface area contributed by atoms with Crippen molar-refractivity contribution in [3.63, 3.8) is 0 Å². The van der Waals surface area contributed by atoms with E-state index in [2.05, 4.69) is 15.7 Å². The van der Waals surface area contributed by atoms with E-state index in [1.54, 1.807) is 60.7 Å². The third kappa shape index (κ3) is 13.4. The average molecular weight is 1130 g/mol. The number of carboxylic acids is 1. The lowest BCUT2D eigenvalue weighted by Crippen LogP contribution is -2.26. The highest BCUT2D eigenvalue weighted by molar-refractivity contribution is 6.00. The van der Waals surface area contributed by atoms with Crippen LogP contribution in [0.2, 0.25) is 0 Å². The number of hydrogen-bond donors (Lipinski definition) is 3. The fourth-order valence-electron chi connectivity index (χ4n) is 9.79. The van der Waals surface area contributed by atoms with Gasteiger partial charge < -0.3 is 20.5 Å². The van der Waals surface area contributed by atoms with Crippen molar-refractivity contribution in [2.75, 3.05) is 0 Å². The molecule has 2 heterocycles. The minimum atomic E-state index is -0.966. The van der Waals surface area contributed by atoms with Crippen LogP contribution in [-0.4, -0.2) is 63.9 Å². The molecule has 10 aromatic rings. The van der Waals surface area contributed by atoms with Crippen LogP contribution in [0.4, 0.5) is 11.4 Å². The number of ether oxygens (including phenoxy) is 1.